The van der Waals surface area contributed by atoms with Gasteiger partial charge in [0.2, 0.25) is 11.8 Å². The molecule has 3 atom stereocenters. The van der Waals surface area contributed by atoms with Crippen molar-refractivity contribution in [3.05, 3.63) is 108 Å². The fourth-order valence-electron chi connectivity index (χ4n) is 7.21. The summed E-state index contributed by atoms with van der Waals surface area (Å²) >= 11 is 0. The number of nitrogens with one attached hydrogen (secondary N) is 1. The van der Waals surface area contributed by atoms with E-state index in [1.165, 1.54) is 0 Å². The molecule has 1 saturated carbocycles. The lowest BCUT2D eigenvalue weighted by molar-refractivity contribution is -0.136. The number of anilines is 1. The van der Waals surface area contributed by atoms with Crippen molar-refractivity contribution in [2.45, 2.75) is 64.5 Å². The zero-order chi connectivity index (χ0) is 33.6. The second-order valence-electron chi connectivity index (χ2n) is 13.2. The first kappa shape index (κ1) is 33.0. The van der Waals surface area contributed by atoms with Gasteiger partial charge in [0.1, 0.15) is 11.8 Å². The Morgan fingerprint density at radius 3 is 2.31 bits per heavy atom. The molecule has 0 saturated heterocycles. The lowest BCUT2D eigenvalue weighted by Gasteiger charge is -2.33. The Bertz CT molecular complexity index is 1760. The number of para-hydroxylation sites is 1. The average Bonchev–Trinajstić information content (AvgIpc) is 3.18. The van der Waals surface area contributed by atoms with Crippen LogP contribution in [-0.2, 0) is 20.9 Å². The predicted octanol–water partition coefficient (Wildman–Crippen LogP) is 7.83. The summed E-state index contributed by atoms with van der Waals surface area (Å²) in [4.78, 5) is 43.7. The fraction of sp³-hybridized carbons (Fsp3) is 0.341. The molecule has 248 valence electrons. The van der Waals surface area contributed by atoms with E-state index in [9.17, 15) is 14.4 Å². The topological polar surface area (TPSA) is 102 Å². The monoisotopic (exact) mass is 643 g/mol. The summed E-state index contributed by atoms with van der Waals surface area (Å²) in [7, 11) is 1.65. The number of hydrogen-bond donors (Lipinski definition) is 2. The maximum atomic E-state index is 14.8. The Hall–Kier alpha value is -4.91. The SMILES string of the molecule is CCCC[C@H](C(N)=O)[C@@H](CC1CCC1)C(=O)NC1C(=O)N(Cc2cccc(-c3ccc(OC)cc3)c2)c2ccccc2-c2ccccc21. The zero-order valence-electron chi connectivity index (χ0n) is 27.9. The highest BCUT2D eigenvalue weighted by molar-refractivity contribution is 6.06. The van der Waals surface area contributed by atoms with Crippen LogP contribution in [0.3, 0.4) is 0 Å². The number of nitrogens with two attached hydrogens (primary N) is 1. The molecule has 7 heteroatoms. The Labute approximate surface area is 283 Å². The molecule has 3 amide bonds. The Balaban J connectivity index is 1.36. The van der Waals surface area contributed by atoms with E-state index in [1.807, 2.05) is 84.9 Å². The van der Waals surface area contributed by atoms with Crippen LogP contribution >= 0.6 is 0 Å². The summed E-state index contributed by atoms with van der Waals surface area (Å²) in [6.45, 7) is 2.38. The van der Waals surface area contributed by atoms with Gasteiger partial charge in [-0.05, 0) is 70.8 Å². The number of rotatable bonds is 13. The van der Waals surface area contributed by atoms with Gasteiger partial charge >= 0.3 is 0 Å². The van der Waals surface area contributed by atoms with Crippen molar-refractivity contribution in [2.24, 2.45) is 23.5 Å². The van der Waals surface area contributed by atoms with Gasteiger partial charge in [0.05, 0.1) is 19.3 Å². The van der Waals surface area contributed by atoms with Crippen molar-refractivity contribution in [3.8, 4) is 28.0 Å². The number of amides is 3. The Kier molecular flexibility index (Phi) is 10.2. The molecular weight excluding hydrogens is 598 g/mol. The number of benzene rings is 4. The van der Waals surface area contributed by atoms with E-state index in [0.717, 1.165) is 76.9 Å². The number of unbranched alkanes of at least 4 members (excludes halogenated alkanes) is 1. The Morgan fingerprint density at radius 2 is 1.62 bits per heavy atom. The largest absolute Gasteiger partial charge is 0.497 e. The molecule has 1 aliphatic carbocycles. The summed E-state index contributed by atoms with van der Waals surface area (Å²) in [5.41, 5.74) is 12.3. The van der Waals surface area contributed by atoms with E-state index in [2.05, 4.69) is 24.4 Å². The number of hydrogen-bond acceptors (Lipinski definition) is 4. The molecule has 0 aromatic heterocycles. The molecule has 1 unspecified atom stereocenters. The van der Waals surface area contributed by atoms with Gasteiger partial charge in [0, 0.05) is 17.4 Å². The number of carbonyl (C=O) groups is 3. The maximum absolute atomic E-state index is 14.8. The molecule has 0 radical (unpaired) electrons. The molecule has 1 heterocycles. The molecule has 4 aromatic rings. The van der Waals surface area contributed by atoms with Gasteiger partial charge in [-0.2, -0.15) is 0 Å². The van der Waals surface area contributed by atoms with Gasteiger partial charge in [-0.15, -0.1) is 0 Å². The number of nitrogens with zero attached hydrogens (tertiary/aromatic N) is 1. The third-order valence-electron chi connectivity index (χ3n) is 10.1. The lowest BCUT2D eigenvalue weighted by Crippen LogP contribution is -2.47. The summed E-state index contributed by atoms with van der Waals surface area (Å²) in [6.07, 6.45) is 6.12. The molecule has 1 aliphatic heterocycles. The first-order valence-electron chi connectivity index (χ1n) is 17.2. The Morgan fingerprint density at radius 1 is 0.896 bits per heavy atom. The maximum Gasteiger partial charge on any atom is 0.254 e. The van der Waals surface area contributed by atoms with E-state index in [-0.39, 0.29) is 11.8 Å². The normalized spacial score (nSPS) is 16.9. The van der Waals surface area contributed by atoms with Crippen LogP contribution in [0.5, 0.6) is 5.75 Å². The first-order chi connectivity index (χ1) is 23.4. The lowest BCUT2D eigenvalue weighted by atomic mass is 9.73. The second kappa shape index (κ2) is 14.9. The number of primary amides is 1. The summed E-state index contributed by atoms with van der Waals surface area (Å²) < 4.78 is 5.34. The van der Waals surface area contributed by atoms with Crippen LogP contribution in [0.15, 0.2) is 97.1 Å². The highest BCUT2D eigenvalue weighted by Crippen LogP contribution is 2.42. The zero-order valence-corrected chi connectivity index (χ0v) is 27.9. The fourth-order valence-corrected chi connectivity index (χ4v) is 7.21. The van der Waals surface area contributed by atoms with E-state index in [0.29, 0.717) is 25.3 Å². The van der Waals surface area contributed by atoms with Gasteiger partial charge in [0.25, 0.3) is 5.91 Å². The van der Waals surface area contributed by atoms with Gasteiger partial charge in [0.15, 0.2) is 0 Å². The number of methoxy groups -OCH3 is 1. The van der Waals surface area contributed by atoms with Crippen LogP contribution in [0.4, 0.5) is 5.69 Å². The highest BCUT2D eigenvalue weighted by Gasteiger charge is 2.40. The minimum Gasteiger partial charge on any atom is -0.497 e. The van der Waals surface area contributed by atoms with Gasteiger partial charge in [-0.25, -0.2) is 0 Å². The molecule has 4 aromatic carbocycles. The van der Waals surface area contributed by atoms with Crippen molar-refractivity contribution >= 4 is 23.4 Å². The molecule has 0 bridgehead atoms. The first-order valence-corrected chi connectivity index (χ1v) is 17.2. The van der Waals surface area contributed by atoms with E-state index >= 15 is 0 Å². The molecular formula is C41H45N3O4. The molecule has 2 aliphatic rings. The van der Waals surface area contributed by atoms with Crippen molar-refractivity contribution < 1.29 is 19.1 Å². The molecule has 7 nitrogen and oxygen atoms in total. The second-order valence-corrected chi connectivity index (χ2v) is 13.2. The summed E-state index contributed by atoms with van der Waals surface area (Å²) in [5, 5.41) is 3.18. The van der Waals surface area contributed by atoms with Crippen molar-refractivity contribution in [3.63, 3.8) is 0 Å². The smallest absolute Gasteiger partial charge is 0.254 e. The average molecular weight is 644 g/mol. The van der Waals surface area contributed by atoms with E-state index in [4.69, 9.17) is 10.5 Å². The molecule has 0 spiro atoms. The molecule has 3 N–H and O–H groups in total. The van der Waals surface area contributed by atoms with Crippen LogP contribution in [0.1, 0.15) is 69.0 Å². The molecule has 48 heavy (non-hydrogen) atoms. The third-order valence-corrected chi connectivity index (χ3v) is 10.1. The summed E-state index contributed by atoms with van der Waals surface area (Å²) in [5.74, 6) is -0.919. The van der Waals surface area contributed by atoms with Crippen LogP contribution in [0.25, 0.3) is 22.3 Å². The third kappa shape index (κ3) is 7.01. The number of fused-ring (bicyclic) bond motifs is 3. The van der Waals surface area contributed by atoms with Crippen molar-refractivity contribution in [1.29, 1.82) is 0 Å². The highest BCUT2D eigenvalue weighted by atomic mass is 16.5. The van der Waals surface area contributed by atoms with Crippen LogP contribution in [-0.4, -0.2) is 24.8 Å². The van der Waals surface area contributed by atoms with Gasteiger partial charge < -0.3 is 20.7 Å². The van der Waals surface area contributed by atoms with E-state index in [1.54, 1.807) is 12.0 Å². The van der Waals surface area contributed by atoms with E-state index < -0.39 is 23.8 Å². The van der Waals surface area contributed by atoms with Crippen LogP contribution in [0.2, 0.25) is 0 Å². The molecule has 1 fully saturated rings. The quantitative estimate of drug-likeness (QED) is 0.155. The van der Waals surface area contributed by atoms with Crippen LogP contribution in [0, 0.1) is 17.8 Å². The van der Waals surface area contributed by atoms with Crippen molar-refractivity contribution in [2.75, 3.05) is 12.0 Å². The van der Waals surface area contributed by atoms with Gasteiger partial charge in [-0.3, -0.25) is 14.4 Å². The summed E-state index contributed by atoms with van der Waals surface area (Å²) in [6, 6.07) is 30.9. The van der Waals surface area contributed by atoms with Crippen LogP contribution < -0.4 is 20.7 Å². The minimum atomic E-state index is -0.936. The van der Waals surface area contributed by atoms with Crippen molar-refractivity contribution in [1.82, 2.24) is 5.32 Å². The standard InChI is InChI=1S/C41H45N3O4/c1-3-4-15-35(39(42)45)36(25-27-11-9-12-27)40(46)43-38-34-18-6-5-16-32(34)33-17-7-8-19-37(33)44(41(38)47)26-28-13-10-14-30(24-28)29-20-22-31(48-2)23-21-29/h5-8,10,13-14,16-24,27,35-36,38H,3-4,9,11-12,15,25-26H2,1-2H3,(H2,42,45)(H,43,46)/t35-,36+,38?/m0/s1. The minimum absolute atomic E-state index is 0.220. The van der Waals surface area contributed by atoms with Gasteiger partial charge in [-0.1, -0.05) is 112 Å². The predicted molar refractivity (Wildman–Crippen MR) is 190 cm³/mol. The molecule has 6 rings (SSSR count). The number of carbonyl (C=O) groups excluding carboxylic acids is 3. The number of ether oxygens (including phenoxy) is 1.